The molecule has 3 aromatic rings. The molecule has 2 aromatic heterocycles. The van der Waals surface area contributed by atoms with Gasteiger partial charge in [-0.1, -0.05) is 11.3 Å². The fourth-order valence-corrected chi connectivity index (χ4v) is 5.54. The first-order valence-electron chi connectivity index (χ1n) is 11.6. The van der Waals surface area contributed by atoms with Crippen LogP contribution in [0.2, 0.25) is 0 Å². The highest BCUT2D eigenvalue weighted by Gasteiger charge is 2.21. The number of aromatic nitrogens is 2. The van der Waals surface area contributed by atoms with Gasteiger partial charge in [-0.05, 0) is 43.7 Å². The SMILES string of the molecule is COc1ccc(N2CCOCC2)c2sc(NC(=O)c3ccnc(CN4CCCC(O)C4)c3)nc12. The molecule has 180 valence electrons. The van der Waals surface area contributed by atoms with E-state index in [4.69, 9.17) is 9.47 Å². The number of aliphatic hydroxyl groups is 1. The quantitative estimate of drug-likeness (QED) is 0.552. The lowest BCUT2D eigenvalue weighted by atomic mass is 10.1. The van der Waals surface area contributed by atoms with Crippen molar-refractivity contribution in [1.29, 1.82) is 0 Å². The molecular formula is C24H29N5O4S. The number of amides is 1. The molecule has 2 aliphatic rings. The van der Waals surface area contributed by atoms with Gasteiger partial charge in [-0.25, -0.2) is 4.98 Å². The zero-order valence-electron chi connectivity index (χ0n) is 19.2. The summed E-state index contributed by atoms with van der Waals surface area (Å²) < 4.78 is 12.0. The van der Waals surface area contributed by atoms with E-state index in [1.54, 1.807) is 19.4 Å². The fourth-order valence-electron chi connectivity index (χ4n) is 4.52. The van der Waals surface area contributed by atoms with Gasteiger partial charge in [0, 0.05) is 37.9 Å². The number of piperidine rings is 1. The number of likely N-dealkylation sites (tertiary alicyclic amines) is 1. The number of nitrogens with one attached hydrogen (secondary N) is 1. The summed E-state index contributed by atoms with van der Waals surface area (Å²) in [7, 11) is 1.63. The van der Waals surface area contributed by atoms with Crippen LogP contribution in [0.15, 0.2) is 30.5 Å². The number of hydrogen-bond acceptors (Lipinski definition) is 9. The van der Waals surface area contributed by atoms with Crippen LogP contribution >= 0.6 is 11.3 Å². The largest absolute Gasteiger partial charge is 0.494 e. The van der Waals surface area contributed by atoms with Gasteiger partial charge in [-0.15, -0.1) is 0 Å². The molecule has 4 heterocycles. The van der Waals surface area contributed by atoms with Gasteiger partial charge in [-0.2, -0.15) is 0 Å². The molecule has 1 atom stereocenters. The average Bonchev–Trinajstić information content (AvgIpc) is 3.27. The van der Waals surface area contributed by atoms with Gasteiger partial charge in [0.05, 0.1) is 42.5 Å². The highest BCUT2D eigenvalue weighted by molar-refractivity contribution is 7.23. The Balaban J connectivity index is 1.35. The number of thiazole rings is 1. The predicted molar refractivity (Wildman–Crippen MR) is 132 cm³/mol. The van der Waals surface area contributed by atoms with E-state index in [1.165, 1.54) is 11.3 Å². The number of hydrogen-bond donors (Lipinski definition) is 2. The Morgan fingerprint density at radius 2 is 2.15 bits per heavy atom. The Hall–Kier alpha value is -2.79. The normalized spacial score (nSPS) is 19.4. The van der Waals surface area contributed by atoms with Crippen LogP contribution in [0.25, 0.3) is 10.2 Å². The van der Waals surface area contributed by atoms with Crippen LogP contribution in [0, 0.1) is 0 Å². The van der Waals surface area contributed by atoms with Gasteiger partial charge in [0.25, 0.3) is 5.91 Å². The minimum Gasteiger partial charge on any atom is -0.494 e. The number of nitrogens with zero attached hydrogens (tertiary/aromatic N) is 4. The third-order valence-corrected chi connectivity index (χ3v) is 7.22. The summed E-state index contributed by atoms with van der Waals surface area (Å²) in [5, 5.41) is 13.4. The van der Waals surface area contributed by atoms with Crippen molar-refractivity contribution in [1.82, 2.24) is 14.9 Å². The summed E-state index contributed by atoms with van der Waals surface area (Å²) >= 11 is 1.45. The summed E-state index contributed by atoms with van der Waals surface area (Å²) in [5.41, 5.74) is 3.15. The molecule has 2 N–H and O–H groups in total. The highest BCUT2D eigenvalue weighted by Crippen LogP contribution is 2.39. The molecule has 0 bridgehead atoms. The van der Waals surface area contributed by atoms with Crippen LogP contribution in [-0.4, -0.2) is 78.5 Å². The number of β-amino-alcohol motifs (C(OH)–C–C–N with tert-alkyl or cyclic N) is 1. The smallest absolute Gasteiger partial charge is 0.257 e. The van der Waals surface area contributed by atoms with Crippen molar-refractivity contribution < 1.29 is 19.4 Å². The van der Waals surface area contributed by atoms with Crippen LogP contribution in [-0.2, 0) is 11.3 Å². The Morgan fingerprint density at radius 3 is 2.94 bits per heavy atom. The average molecular weight is 484 g/mol. The highest BCUT2D eigenvalue weighted by atomic mass is 32.1. The van der Waals surface area contributed by atoms with E-state index in [1.807, 2.05) is 18.2 Å². The first-order chi connectivity index (χ1) is 16.6. The number of anilines is 2. The number of methoxy groups -OCH3 is 1. The minimum absolute atomic E-state index is 0.228. The van der Waals surface area contributed by atoms with Crippen molar-refractivity contribution in [3.63, 3.8) is 0 Å². The van der Waals surface area contributed by atoms with E-state index in [9.17, 15) is 9.90 Å². The van der Waals surface area contributed by atoms with E-state index in [-0.39, 0.29) is 12.0 Å². The van der Waals surface area contributed by atoms with E-state index in [2.05, 4.69) is 25.1 Å². The number of morpholine rings is 1. The fraction of sp³-hybridized carbons (Fsp3) is 0.458. The Kier molecular flexibility index (Phi) is 6.91. The van der Waals surface area contributed by atoms with E-state index >= 15 is 0 Å². The molecule has 1 amide bonds. The predicted octanol–water partition coefficient (Wildman–Crippen LogP) is 2.75. The molecule has 1 aromatic carbocycles. The number of fused-ring (bicyclic) bond motifs is 1. The third-order valence-electron chi connectivity index (χ3n) is 6.22. The summed E-state index contributed by atoms with van der Waals surface area (Å²) in [5.74, 6) is 0.451. The first kappa shape index (κ1) is 23.0. The maximum Gasteiger partial charge on any atom is 0.257 e. The third kappa shape index (κ3) is 5.00. The molecule has 5 rings (SSSR count). The van der Waals surface area contributed by atoms with E-state index in [0.717, 1.165) is 54.1 Å². The topological polar surface area (TPSA) is 100 Å². The van der Waals surface area contributed by atoms with Gasteiger partial charge in [0.15, 0.2) is 5.13 Å². The van der Waals surface area contributed by atoms with Crippen molar-refractivity contribution in [3.05, 3.63) is 41.7 Å². The zero-order chi connectivity index (χ0) is 23.5. The summed E-state index contributed by atoms with van der Waals surface area (Å²) in [6.07, 6.45) is 3.17. The molecule has 0 radical (unpaired) electrons. The van der Waals surface area contributed by atoms with Crippen molar-refractivity contribution in [3.8, 4) is 5.75 Å². The summed E-state index contributed by atoms with van der Waals surface area (Å²) in [4.78, 5) is 26.6. The van der Waals surface area contributed by atoms with Gasteiger partial charge >= 0.3 is 0 Å². The van der Waals surface area contributed by atoms with Crippen LogP contribution in [0.1, 0.15) is 28.9 Å². The summed E-state index contributed by atoms with van der Waals surface area (Å²) in [6.45, 7) is 5.18. The van der Waals surface area contributed by atoms with Gasteiger partial charge in [-0.3, -0.25) is 20.0 Å². The second-order valence-electron chi connectivity index (χ2n) is 8.60. The Labute approximate surface area is 202 Å². The number of aliphatic hydroxyl groups excluding tert-OH is 1. The molecule has 0 spiro atoms. The number of ether oxygens (including phenoxy) is 2. The van der Waals surface area contributed by atoms with Gasteiger partial charge < -0.3 is 19.5 Å². The Bertz CT molecular complexity index is 1160. The maximum absolute atomic E-state index is 13.0. The van der Waals surface area contributed by atoms with Crippen molar-refractivity contribution in [2.75, 3.05) is 56.7 Å². The van der Waals surface area contributed by atoms with Crippen molar-refractivity contribution >= 4 is 38.3 Å². The van der Waals surface area contributed by atoms with Gasteiger partial charge in [0.1, 0.15) is 11.3 Å². The van der Waals surface area contributed by atoms with Crippen LogP contribution in [0.5, 0.6) is 5.75 Å². The molecule has 10 heteroatoms. The second kappa shape index (κ2) is 10.2. The Morgan fingerprint density at radius 1 is 1.29 bits per heavy atom. The summed E-state index contributed by atoms with van der Waals surface area (Å²) in [6, 6.07) is 7.48. The second-order valence-corrected chi connectivity index (χ2v) is 9.60. The molecule has 9 nitrogen and oxygen atoms in total. The number of benzene rings is 1. The van der Waals surface area contributed by atoms with Gasteiger partial charge in [0.2, 0.25) is 0 Å². The molecule has 1 unspecified atom stereocenters. The first-order valence-corrected chi connectivity index (χ1v) is 12.4. The standard InChI is InChI=1S/C24H29N5O4S/c1-32-20-5-4-19(29-9-11-33-12-10-29)22-21(20)26-24(34-22)27-23(31)16-6-7-25-17(13-16)14-28-8-2-3-18(30)15-28/h4-7,13,18,30H,2-3,8-12,14-15H2,1H3,(H,26,27,31). The number of rotatable bonds is 6. The lowest BCUT2D eigenvalue weighted by Crippen LogP contribution is -2.37. The number of pyridine rings is 1. The number of carbonyl (C=O) groups excluding carboxylic acids is 1. The number of carbonyl (C=O) groups is 1. The molecule has 0 saturated carbocycles. The maximum atomic E-state index is 13.0. The molecule has 2 aliphatic heterocycles. The molecule has 0 aliphatic carbocycles. The van der Waals surface area contributed by atoms with E-state index in [0.29, 0.717) is 42.7 Å². The zero-order valence-corrected chi connectivity index (χ0v) is 20.0. The van der Waals surface area contributed by atoms with Crippen LogP contribution < -0.4 is 15.0 Å². The van der Waals surface area contributed by atoms with Crippen molar-refractivity contribution in [2.45, 2.75) is 25.5 Å². The molecule has 2 fully saturated rings. The monoisotopic (exact) mass is 483 g/mol. The molecular weight excluding hydrogens is 454 g/mol. The molecule has 34 heavy (non-hydrogen) atoms. The minimum atomic E-state index is -0.293. The van der Waals surface area contributed by atoms with Crippen LogP contribution in [0.3, 0.4) is 0 Å². The van der Waals surface area contributed by atoms with E-state index < -0.39 is 0 Å². The van der Waals surface area contributed by atoms with Crippen LogP contribution in [0.4, 0.5) is 10.8 Å². The van der Waals surface area contributed by atoms with Crippen molar-refractivity contribution in [2.24, 2.45) is 0 Å². The molecule has 2 saturated heterocycles. The lowest BCUT2D eigenvalue weighted by Gasteiger charge is -2.29. The lowest BCUT2D eigenvalue weighted by molar-refractivity contribution is 0.0661.